The molecule has 0 saturated heterocycles. The minimum Gasteiger partial charge on any atom is -0.512 e. The van der Waals surface area contributed by atoms with Crippen molar-refractivity contribution in [2.45, 2.75) is 136 Å². The van der Waals surface area contributed by atoms with Gasteiger partial charge in [0.25, 0.3) is 0 Å². The number of ether oxygens (including phenoxy) is 2. The number of pyridine rings is 1. The number of hydrogen-bond acceptors (Lipinski definition) is 4. The normalized spacial score (nSPS) is 19.7. The van der Waals surface area contributed by atoms with E-state index >= 15 is 0 Å². The second-order valence-corrected chi connectivity index (χ2v) is 19.0. The molecule has 0 spiro atoms. The summed E-state index contributed by atoms with van der Waals surface area (Å²) in [6, 6.07) is 30.1. The van der Waals surface area contributed by atoms with Gasteiger partial charge in [0.2, 0.25) is 0 Å². The van der Waals surface area contributed by atoms with E-state index in [1.54, 1.807) is 0 Å². The minimum absolute atomic E-state index is 0. The monoisotopic (exact) mass is 936 g/mol. The maximum atomic E-state index is 7.03. The maximum Gasteiger partial charge on any atom is 2.00 e. The largest absolute Gasteiger partial charge is 2.00 e. The predicted octanol–water partition coefficient (Wildman–Crippen LogP) is 13.2. The zero-order valence-corrected chi connectivity index (χ0v) is 37.7. The summed E-state index contributed by atoms with van der Waals surface area (Å²) in [7, 11) is 0. The fourth-order valence-corrected chi connectivity index (χ4v) is 9.60. The molecule has 9 rings (SSSR count). The Bertz CT molecular complexity index is 2580. The predicted molar refractivity (Wildman–Crippen MR) is 230 cm³/mol. The van der Waals surface area contributed by atoms with Gasteiger partial charge in [0.15, 0.2) is 0 Å². The molecule has 1 aliphatic carbocycles. The standard InChI is InChI=1S/C51H55N3O2.Pt/c1-29(2)36-16-14-17-37(30(3)4)45(36)32-23-33(48-53-44-19-12-13-20-51(44,11)56-48)25-35(24-32)55-43-28-42-40(22-31(43)5)50(9,10)41-27-34(49(6,7)8)26-39-38-18-15-21-52-47(38)54(42)46(39)41;/h14-18,21-24,26-27,29-30,44H,12-13,19-20H2,1-11H3;/q-2;+2/t44-,51+;/m1./s1. The Hall–Kier alpha value is -4.21. The molecule has 0 unspecified atom stereocenters. The van der Waals surface area contributed by atoms with Crippen LogP contribution in [0.2, 0.25) is 0 Å². The van der Waals surface area contributed by atoms with Crippen molar-refractivity contribution >= 4 is 27.8 Å². The van der Waals surface area contributed by atoms with Crippen molar-refractivity contribution < 1.29 is 30.5 Å². The van der Waals surface area contributed by atoms with Crippen LogP contribution in [0.4, 0.5) is 0 Å². The van der Waals surface area contributed by atoms with Crippen molar-refractivity contribution in [3.8, 4) is 28.3 Å². The molecule has 0 bridgehead atoms. The van der Waals surface area contributed by atoms with Crippen LogP contribution in [0.15, 0.2) is 71.9 Å². The number of benzene rings is 4. The van der Waals surface area contributed by atoms with Gasteiger partial charge in [-0.25, -0.2) is 4.98 Å². The summed E-state index contributed by atoms with van der Waals surface area (Å²) >= 11 is 0. The Morgan fingerprint density at radius 1 is 0.877 bits per heavy atom. The molecule has 6 aromatic rings. The van der Waals surface area contributed by atoms with Crippen LogP contribution in [0, 0.1) is 19.1 Å². The Kier molecular flexibility index (Phi) is 9.71. The van der Waals surface area contributed by atoms with E-state index < -0.39 is 0 Å². The number of rotatable bonds is 6. The van der Waals surface area contributed by atoms with E-state index in [0.717, 1.165) is 46.3 Å². The van der Waals surface area contributed by atoms with Gasteiger partial charge in [0.05, 0.1) is 11.6 Å². The first-order valence-electron chi connectivity index (χ1n) is 20.7. The number of aliphatic imine (C=N–C) groups is 1. The summed E-state index contributed by atoms with van der Waals surface area (Å²) < 4.78 is 16.1. The number of aromatic nitrogens is 2. The van der Waals surface area contributed by atoms with Crippen molar-refractivity contribution in [2.24, 2.45) is 4.99 Å². The smallest absolute Gasteiger partial charge is 0.512 e. The van der Waals surface area contributed by atoms with Gasteiger partial charge < -0.3 is 14.0 Å². The van der Waals surface area contributed by atoms with Crippen LogP contribution in [-0.2, 0) is 36.6 Å². The zero-order valence-electron chi connectivity index (χ0n) is 35.4. The van der Waals surface area contributed by atoms with Gasteiger partial charge in [-0.15, -0.1) is 23.3 Å². The van der Waals surface area contributed by atoms with Crippen molar-refractivity contribution in [1.82, 2.24) is 9.55 Å². The van der Waals surface area contributed by atoms with Gasteiger partial charge in [-0.3, -0.25) is 4.99 Å². The third kappa shape index (κ3) is 6.39. The first-order valence-corrected chi connectivity index (χ1v) is 20.7. The van der Waals surface area contributed by atoms with E-state index in [-0.39, 0.29) is 43.5 Å². The zero-order chi connectivity index (χ0) is 39.5. The van der Waals surface area contributed by atoms with Crippen LogP contribution < -0.4 is 4.74 Å². The molecule has 2 atom stereocenters. The molecule has 3 aliphatic rings. The third-order valence-electron chi connectivity index (χ3n) is 12.9. The molecule has 0 amide bonds. The van der Waals surface area contributed by atoms with Gasteiger partial charge in [-0.2, -0.15) is 6.07 Å². The summed E-state index contributed by atoms with van der Waals surface area (Å²) in [4.78, 5) is 10.2. The van der Waals surface area contributed by atoms with Crippen LogP contribution in [0.25, 0.3) is 38.8 Å². The molecule has 1 saturated carbocycles. The topological polar surface area (TPSA) is 48.6 Å². The number of hydrogen-bond donors (Lipinski definition) is 0. The summed E-state index contributed by atoms with van der Waals surface area (Å²) in [6.45, 7) is 25.0. The third-order valence-corrected chi connectivity index (χ3v) is 12.9. The van der Waals surface area contributed by atoms with Crippen LogP contribution in [0.3, 0.4) is 0 Å². The SMILES string of the molecule is Cc1cc2c([c-]c1Oc1[c-]c(C3=N[C@@H]4CCCC[C@]4(C)O3)cc(-c3c(C(C)C)cccc3C(C)C)c1)-n1c3ncccc3c3cc(C(C)(C)C)cc(c31)C2(C)C.[Pt+2]. The average molecular weight is 937 g/mol. The molecule has 296 valence electrons. The molecule has 2 aromatic heterocycles. The molecule has 4 heterocycles. The maximum absolute atomic E-state index is 7.03. The summed E-state index contributed by atoms with van der Waals surface area (Å²) in [5.41, 5.74) is 13.2. The quantitative estimate of drug-likeness (QED) is 0.156. The molecule has 6 heteroatoms. The van der Waals surface area contributed by atoms with Crippen molar-refractivity contribution in [3.05, 3.63) is 118 Å². The van der Waals surface area contributed by atoms with E-state index in [0.29, 0.717) is 29.2 Å². The van der Waals surface area contributed by atoms with Crippen LogP contribution in [0.5, 0.6) is 11.5 Å². The van der Waals surface area contributed by atoms with E-state index in [1.165, 1.54) is 57.1 Å². The van der Waals surface area contributed by atoms with E-state index in [4.69, 9.17) is 19.5 Å². The second kappa shape index (κ2) is 14.0. The molecular formula is C51H55N3O2Pt. The second-order valence-electron chi connectivity index (χ2n) is 19.0. The Morgan fingerprint density at radius 2 is 1.61 bits per heavy atom. The Morgan fingerprint density at radius 3 is 2.30 bits per heavy atom. The van der Waals surface area contributed by atoms with Crippen molar-refractivity contribution in [1.29, 1.82) is 0 Å². The first-order chi connectivity index (χ1) is 26.5. The summed E-state index contributed by atoms with van der Waals surface area (Å²) in [5.74, 6) is 2.65. The molecule has 1 fully saturated rings. The average Bonchev–Trinajstić information content (AvgIpc) is 3.69. The molecule has 5 nitrogen and oxygen atoms in total. The number of aryl methyl sites for hydroxylation is 1. The number of fused-ring (bicyclic) bond motifs is 6. The molecule has 57 heavy (non-hydrogen) atoms. The van der Waals surface area contributed by atoms with Crippen molar-refractivity contribution in [3.63, 3.8) is 0 Å². The van der Waals surface area contributed by atoms with E-state index in [9.17, 15) is 0 Å². The van der Waals surface area contributed by atoms with Gasteiger partial charge in [0, 0.05) is 28.5 Å². The van der Waals surface area contributed by atoms with Gasteiger partial charge >= 0.3 is 21.1 Å². The Balaban J connectivity index is 0.00000455. The molecular weight excluding hydrogens is 882 g/mol. The fraction of sp³-hybridized carbons (Fsp3) is 0.412. The van der Waals surface area contributed by atoms with Gasteiger partial charge in [-0.05, 0) is 94.9 Å². The van der Waals surface area contributed by atoms with Crippen LogP contribution >= 0.6 is 0 Å². The molecule has 0 N–H and O–H groups in total. The summed E-state index contributed by atoms with van der Waals surface area (Å²) in [6.07, 6.45) is 6.30. The van der Waals surface area contributed by atoms with E-state index in [2.05, 4.69) is 147 Å². The molecule has 0 radical (unpaired) electrons. The van der Waals surface area contributed by atoms with Crippen LogP contribution in [-0.4, -0.2) is 27.1 Å². The first kappa shape index (κ1) is 39.6. The van der Waals surface area contributed by atoms with Crippen LogP contribution in [0.1, 0.15) is 146 Å². The van der Waals surface area contributed by atoms with Gasteiger partial charge in [0.1, 0.15) is 17.1 Å². The van der Waals surface area contributed by atoms with Gasteiger partial charge in [-0.1, -0.05) is 129 Å². The van der Waals surface area contributed by atoms with Crippen molar-refractivity contribution in [2.75, 3.05) is 0 Å². The minimum atomic E-state index is -0.282. The molecule has 2 aliphatic heterocycles. The Labute approximate surface area is 353 Å². The molecule has 4 aromatic carbocycles. The number of nitrogens with zero attached hydrogens (tertiary/aromatic N) is 3. The fourth-order valence-electron chi connectivity index (χ4n) is 9.60. The summed E-state index contributed by atoms with van der Waals surface area (Å²) in [5, 5.41) is 2.38. The van der Waals surface area contributed by atoms with E-state index in [1.807, 2.05) is 12.3 Å².